The molecular weight excluding hydrogens is 388 g/mol. The highest BCUT2D eigenvalue weighted by Gasteiger charge is 2.22. The molecule has 0 saturated carbocycles. The fraction of sp³-hybridized carbons (Fsp3) is 0.227. The summed E-state index contributed by atoms with van der Waals surface area (Å²) >= 11 is 5.95. The first-order valence-electron chi connectivity index (χ1n) is 9.52. The van der Waals surface area contributed by atoms with Crippen molar-refractivity contribution < 1.29 is 4.79 Å². The van der Waals surface area contributed by atoms with E-state index in [2.05, 4.69) is 10.00 Å². The van der Waals surface area contributed by atoms with Crippen molar-refractivity contribution in [2.24, 2.45) is 0 Å². The number of hydrogen-bond donors (Lipinski definition) is 0. The highest BCUT2D eigenvalue weighted by atomic mass is 35.5. The lowest BCUT2D eigenvalue weighted by Crippen LogP contribution is -2.50. The van der Waals surface area contributed by atoms with Gasteiger partial charge in [-0.3, -0.25) is 9.59 Å². The van der Waals surface area contributed by atoms with E-state index in [1.165, 1.54) is 10.7 Å². The van der Waals surface area contributed by atoms with Gasteiger partial charge in [-0.2, -0.15) is 5.10 Å². The molecule has 0 atom stereocenters. The number of carbonyl (C=O) groups excluding carboxylic acids is 1. The Hall–Kier alpha value is -3.12. The topological polar surface area (TPSA) is 58.4 Å². The van der Waals surface area contributed by atoms with Gasteiger partial charge in [0.1, 0.15) is 6.54 Å². The minimum Gasteiger partial charge on any atom is -0.368 e. The van der Waals surface area contributed by atoms with E-state index in [1.807, 2.05) is 54.6 Å². The Kier molecular flexibility index (Phi) is 5.62. The lowest BCUT2D eigenvalue weighted by atomic mass is 10.1. The van der Waals surface area contributed by atoms with Crippen LogP contribution in [0.1, 0.15) is 0 Å². The molecule has 0 unspecified atom stereocenters. The molecule has 1 aliphatic rings. The maximum atomic E-state index is 12.7. The van der Waals surface area contributed by atoms with E-state index in [0.717, 1.165) is 24.3 Å². The standard InChI is InChI=1S/C22H21ClN4O2/c23-18-6-8-19(9-7-18)25-12-14-26(15-13-25)22(29)16-27-21(28)11-10-20(24-27)17-4-2-1-3-5-17/h1-11H,12-16H2. The van der Waals surface area contributed by atoms with Gasteiger partial charge in [0.15, 0.2) is 0 Å². The van der Waals surface area contributed by atoms with Crippen LogP contribution in [0.2, 0.25) is 5.02 Å². The van der Waals surface area contributed by atoms with Crippen LogP contribution in [0.3, 0.4) is 0 Å². The van der Waals surface area contributed by atoms with Crippen LogP contribution >= 0.6 is 11.6 Å². The fourth-order valence-electron chi connectivity index (χ4n) is 3.42. The summed E-state index contributed by atoms with van der Waals surface area (Å²) in [5.41, 5.74) is 2.39. The zero-order valence-corrected chi connectivity index (χ0v) is 16.6. The van der Waals surface area contributed by atoms with Crippen molar-refractivity contribution >= 4 is 23.2 Å². The highest BCUT2D eigenvalue weighted by molar-refractivity contribution is 6.30. The van der Waals surface area contributed by atoms with E-state index in [0.29, 0.717) is 23.8 Å². The first-order chi connectivity index (χ1) is 14.1. The summed E-state index contributed by atoms with van der Waals surface area (Å²) in [6, 6.07) is 20.5. The van der Waals surface area contributed by atoms with Gasteiger partial charge in [-0.25, -0.2) is 4.68 Å². The van der Waals surface area contributed by atoms with Gasteiger partial charge in [-0.15, -0.1) is 0 Å². The molecule has 2 aromatic carbocycles. The van der Waals surface area contributed by atoms with Gasteiger partial charge in [0.25, 0.3) is 5.56 Å². The van der Waals surface area contributed by atoms with E-state index >= 15 is 0 Å². The van der Waals surface area contributed by atoms with Crippen LogP contribution in [0.25, 0.3) is 11.3 Å². The molecule has 0 radical (unpaired) electrons. The van der Waals surface area contributed by atoms with Crippen molar-refractivity contribution in [1.29, 1.82) is 0 Å². The number of piperazine rings is 1. The van der Waals surface area contributed by atoms with Gasteiger partial charge in [-0.05, 0) is 30.3 Å². The number of benzene rings is 2. The zero-order valence-electron chi connectivity index (χ0n) is 15.9. The molecule has 0 N–H and O–H groups in total. The second kappa shape index (κ2) is 8.49. The Labute approximate surface area is 173 Å². The molecule has 1 aromatic heterocycles. The van der Waals surface area contributed by atoms with Gasteiger partial charge in [0.05, 0.1) is 5.69 Å². The third-order valence-electron chi connectivity index (χ3n) is 5.05. The number of carbonyl (C=O) groups is 1. The van der Waals surface area contributed by atoms with Crippen LogP contribution in [-0.2, 0) is 11.3 Å². The summed E-state index contributed by atoms with van der Waals surface area (Å²) in [4.78, 5) is 29.0. The molecule has 1 aliphatic heterocycles. The number of halogens is 1. The van der Waals surface area contributed by atoms with Crippen molar-refractivity contribution in [2.45, 2.75) is 6.54 Å². The maximum absolute atomic E-state index is 12.7. The lowest BCUT2D eigenvalue weighted by Gasteiger charge is -2.36. The third-order valence-corrected chi connectivity index (χ3v) is 5.30. The summed E-state index contributed by atoms with van der Waals surface area (Å²) in [5, 5.41) is 5.09. The number of hydrogen-bond acceptors (Lipinski definition) is 4. The first-order valence-corrected chi connectivity index (χ1v) is 9.90. The van der Waals surface area contributed by atoms with Gasteiger partial charge >= 0.3 is 0 Å². The summed E-state index contributed by atoms with van der Waals surface area (Å²) in [7, 11) is 0. The lowest BCUT2D eigenvalue weighted by molar-refractivity contribution is -0.132. The Morgan fingerprint density at radius 1 is 0.897 bits per heavy atom. The number of anilines is 1. The Morgan fingerprint density at radius 3 is 2.28 bits per heavy atom. The van der Waals surface area contributed by atoms with Gasteiger partial charge < -0.3 is 9.80 Å². The maximum Gasteiger partial charge on any atom is 0.267 e. The minimum atomic E-state index is -0.280. The molecule has 7 heteroatoms. The van der Waals surface area contributed by atoms with E-state index in [-0.39, 0.29) is 18.0 Å². The molecule has 6 nitrogen and oxygen atoms in total. The predicted molar refractivity (Wildman–Crippen MR) is 114 cm³/mol. The summed E-state index contributed by atoms with van der Waals surface area (Å²) in [6.45, 7) is 2.63. The largest absolute Gasteiger partial charge is 0.368 e. The van der Waals surface area contributed by atoms with E-state index < -0.39 is 0 Å². The van der Waals surface area contributed by atoms with Gasteiger partial charge in [0, 0.05) is 48.5 Å². The molecule has 1 saturated heterocycles. The van der Waals surface area contributed by atoms with Crippen LogP contribution in [-0.4, -0.2) is 46.8 Å². The zero-order chi connectivity index (χ0) is 20.2. The van der Waals surface area contributed by atoms with Crippen LogP contribution in [0.5, 0.6) is 0 Å². The van der Waals surface area contributed by atoms with Crippen molar-refractivity contribution in [3.05, 3.63) is 82.1 Å². The van der Waals surface area contributed by atoms with E-state index in [9.17, 15) is 9.59 Å². The molecule has 148 valence electrons. The quantitative estimate of drug-likeness (QED) is 0.666. The van der Waals surface area contributed by atoms with Crippen LogP contribution in [0.15, 0.2) is 71.5 Å². The molecule has 1 amide bonds. The van der Waals surface area contributed by atoms with E-state index in [1.54, 1.807) is 11.0 Å². The van der Waals surface area contributed by atoms with Crippen molar-refractivity contribution in [3.8, 4) is 11.3 Å². The second-order valence-electron chi connectivity index (χ2n) is 6.92. The number of rotatable bonds is 4. The van der Waals surface area contributed by atoms with Gasteiger partial charge in [-0.1, -0.05) is 41.9 Å². The third kappa shape index (κ3) is 4.49. The molecule has 29 heavy (non-hydrogen) atoms. The monoisotopic (exact) mass is 408 g/mol. The normalized spacial score (nSPS) is 14.1. The van der Waals surface area contributed by atoms with E-state index in [4.69, 9.17) is 11.6 Å². The van der Waals surface area contributed by atoms with Gasteiger partial charge in [0.2, 0.25) is 5.91 Å². The molecule has 0 aliphatic carbocycles. The average Bonchev–Trinajstić information content (AvgIpc) is 2.76. The summed E-state index contributed by atoms with van der Waals surface area (Å²) < 4.78 is 1.25. The highest BCUT2D eigenvalue weighted by Crippen LogP contribution is 2.19. The Morgan fingerprint density at radius 2 is 1.59 bits per heavy atom. The number of aromatic nitrogens is 2. The molecule has 3 aromatic rings. The van der Waals surface area contributed by atoms with Crippen LogP contribution in [0.4, 0.5) is 5.69 Å². The van der Waals surface area contributed by atoms with Crippen molar-refractivity contribution in [1.82, 2.24) is 14.7 Å². The average molecular weight is 409 g/mol. The van der Waals surface area contributed by atoms with Crippen LogP contribution < -0.4 is 10.5 Å². The molecule has 0 spiro atoms. The number of amides is 1. The summed E-state index contributed by atoms with van der Waals surface area (Å²) in [6.07, 6.45) is 0. The molecule has 1 fully saturated rings. The smallest absolute Gasteiger partial charge is 0.267 e. The first kappa shape index (κ1) is 19.2. The fourth-order valence-corrected chi connectivity index (χ4v) is 3.55. The second-order valence-corrected chi connectivity index (χ2v) is 7.36. The summed E-state index contributed by atoms with van der Waals surface area (Å²) in [5.74, 6) is -0.0967. The molecule has 2 heterocycles. The van der Waals surface area contributed by atoms with Crippen LogP contribution in [0, 0.1) is 0 Å². The Balaban J connectivity index is 1.41. The molecular formula is C22H21ClN4O2. The molecule has 0 bridgehead atoms. The van der Waals surface area contributed by atoms with Crippen molar-refractivity contribution in [2.75, 3.05) is 31.1 Å². The predicted octanol–water partition coefficient (Wildman–Crippen LogP) is 2.91. The van der Waals surface area contributed by atoms with Crippen molar-refractivity contribution in [3.63, 3.8) is 0 Å². The minimum absolute atomic E-state index is 0.0551. The SMILES string of the molecule is O=C(Cn1nc(-c2ccccc2)ccc1=O)N1CCN(c2ccc(Cl)cc2)CC1. The number of nitrogens with zero attached hydrogens (tertiary/aromatic N) is 4. The Bertz CT molecular complexity index is 1040. The molecule has 4 rings (SSSR count).